The Hall–Kier alpha value is -3.59. The number of nitrogens with two attached hydrogens (primary N) is 1. The fourth-order valence-electron chi connectivity index (χ4n) is 3.96. The van der Waals surface area contributed by atoms with Crippen LogP contribution in [0, 0.1) is 0 Å². The molecule has 1 aliphatic rings. The van der Waals surface area contributed by atoms with Gasteiger partial charge in [-0.15, -0.1) is 0 Å². The molecule has 9 heteroatoms. The Balaban J connectivity index is 2.01. The Bertz CT molecular complexity index is 1060. The fourth-order valence-corrected chi connectivity index (χ4v) is 3.96. The molecule has 188 valence electrons. The van der Waals surface area contributed by atoms with Crippen molar-refractivity contribution >= 4 is 17.7 Å². The van der Waals surface area contributed by atoms with E-state index in [9.17, 15) is 14.4 Å². The van der Waals surface area contributed by atoms with E-state index in [0.717, 1.165) is 11.1 Å². The Morgan fingerprint density at radius 3 is 2.74 bits per heavy atom. The predicted octanol–water partition coefficient (Wildman–Crippen LogP) is 1.95. The zero-order chi connectivity index (χ0) is 25.4. The lowest BCUT2D eigenvalue weighted by atomic mass is 10.0. The van der Waals surface area contributed by atoms with Crippen molar-refractivity contribution in [1.82, 2.24) is 15.5 Å². The second-order valence-electron chi connectivity index (χ2n) is 8.63. The molecule has 1 heterocycles. The SMILES string of the molecule is COc1ccc2c(c1)-c1cccc(c1)C(=O)N(C)C(C(=O)NCCCN)CCC(=O)NC(C)CO2. The highest BCUT2D eigenvalue weighted by molar-refractivity contribution is 5.98. The molecule has 0 radical (unpaired) electrons. The summed E-state index contributed by atoms with van der Waals surface area (Å²) in [5.41, 5.74) is 7.48. The van der Waals surface area contributed by atoms with Gasteiger partial charge in [0, 0.05) is 31.1 Å². The average molecular weight is 483 g/mol. The van der Waals surface area contributed by atoms with E-state index in [2.05, 4.69) is 10.6 Å². The summed E-state index contributed by atoms with van der Waals surface area (Å²) in [5.74, 6) is 0.410. The lowest BCUT2D eigenvalue weighted by Gasteiger charge is -2.27. The van der Waals surface area contributed by atoms with E-state index in [1.54, 1.807) is 38.4 Å². The van der Waals surface area contributed by atoms with Gasteiger partial charge in [-0.1, -0.05) is 12.1 Å². The highest BCUT2D eigenvalue weighted by Crippen LogP contribution is 2.34. The van der Waals surface area contributed by atoms with E-state index in [1.807, 2.05) is 25.1 Å². The van der Waals surface area contributed by atoms with Gasteiger partial charge < -0.3 is 30.7 Å². The number of nitrogens with zero attached hydrogens (tertiary/aromatic N) is 1. The number of amides is 3. The molecule has 0 saturated carbocycles. The average Bonchev–Trinajstić information content (AvgIpc) is 2.86. The highest BCUT2D eigenvalue weighted by Gasteiger charge is 2.28. The quantitative estimate of drug-likeness (QED) is 0.560. The zero-order valence-corrected chi connectivity index (χ0v) is 20.5. The standard InChI is InChI=1S/C26H34N4O5/c1-17-16-35-23-10-8-20(34-3)15-21(23)18-6-4-7-19(14-18)26(33)30(2)22(9-11-24(31)29-17)25(32)28-13-5-12-27/h4,6-8,10,14-15,17,22H,5,9,11-13,16,27H2,1-3H3,(H,28,32)(H,29,31). The van der Waals surface area contributed by atoms with Crippen LogP contribution in [0.3, 0.4) is 0 Å². The molecule has 9 nitrogen and oxygen atoms in total. The molecule has 0 saturated heterocycles. The van der Waals surface area contributed by atoms with Crippen molar-refractivity contribution < 1.29 is 23.9 Å². The zero-order valence-electron chi connectivity index (χ0n) is 20.5. The van der Waals surface area contributed by atoms with Crippen LogP contribution in [0.25, 0.3) is 11.1 Å². The lowest BCUT2D eigenvalue weighted by molar-refractivity contribution is -0.126. The first kappa shape index (κ1) is 26.0. The van der Waals surface area contributed by atoms with Gasteiger partial charge in [0.1, 0.15) is 24.1 Å². The molecule has 2 atom stereocenters. The van der Waals surface area contributed by atoms with Crippen molar-refractivity contribution in [3.05, 3.63) is 48.0 Å². The molecule has 0 fully saturated rings. The van der Waals surface area contributed by atoms with E-state index in [1.165, 1.54) is 4.90 Å². The molecule has 4 N–H and O–H groups in total. The topological polar surface area (TPSA) is 123 Å². The highest BCUT2D eigenvalue weighted by atomic mass is 16.5. The minimum Gasteiger partial charge on any atom is -0.497 e. The fraction of sp³-hybridized carbons (Fsp3) is 0.423. The number of fused-ring (bicyclic) bond motifs is 4. The molecular weight excluding hydrogens is 448 g/mol. The van der Waals surface area contributed by atoms with Crippen molar-refractivity contribution in [3.63, 3.8) is 0 Å². The Labute approximate surface area is 206 Å². The molecule has 3 amide bonds. The summed E-state index contributed by atoms with van der Waals surface area (Å²) in [6.45, 7) is 2.96. The van der Waals surface area contributed by atoms with Crippen LogP contribution in [0.2, 0.25) is 0 Å². The lowest BCUT2D eigenvalue weighted by Crippen LogP contribution is -2.48. The maximum atomic E-state index is 13.4. The molecule has 3 rings (SSSR count). The van der Waals surface area contributed by atoms with Crippen molar-refractivity contribution in [2.75, 3.05) is 33.9 Å². The van der Waals surface area contributed by atoms with E-state index in [-0.39, 0.29) is 43.2 Å². The summed E-state index contributed by atoms with van der Waals surface area (Å²) in [6, 6.07) is 11.5. The molecule has 0 aliphatic carbocycles. The van der Waals surface area contributed by atoms with Gasteiger partial charge in [0.15, 0.2) is 0 Å². The van der Waals surface area contributed by atoms with E-state index < -0.39 is 6.04 Å². The molecule has 1 aliphatic heterocycles. The number of ether oxygens (including phenoxy) is 2. The molecule has 2 bridgehead atoms. The maximum Gasteiger partial charge on any atom is 0.254 e. The van der Waals surface area contributed by atoms with Gasteiger partial charge in [0.2, 0.25) is 11.8 Å². The molecule has 2 unspecified atom stereocenters. The number of methoxy groups -OCH3 is 1. The van der Waals surface area contributed by atoms with Crippen LogP contribution in [-0.4, -0.2) is 68.6 Å². The normalized spacial score (nSPS) is 18.9. The van der Waals surface area contributed by atoms with Crippen LogP contribution in [0.15, 0.2) is 42.5 Å². The second kappa shape index (κ2) is 12.2. The number of rotatable bonds is 5. The third-order valence-corrected chi connectivity index (χ3v) is 5.92. The molecule has 0 spiro atoms. The number of hydrogen-bond acceptors (Lipinski definition) is 6. The summed E-state index contributed by atoms with van der Waals surface area (Å²) < 4.78 is 11.4. The molecule has 2 aromatic carbocycles. The Kier molecular flexibility index (Phi) is 9.08. The minimum absolute atomic E-state index is 0.0881. The summed E-state index contributed by atoms with van der Waals surface area (Å²) >= 11 is 0. The summed E-state index contributed by atoms with van der Waals surface area (Å²) in [7, 11) is 3.17. The smallest absolute Gasteiger partial charge is 0.254 e. The Morgan fingerprint density at radius 2 is 2.00 bits per heavy atom. The van der Waals surface area contributed by atoms with Gasteiger partial charge in [-0.2, -0.15) is 0 Å². The van der Waals surface area contributed by atoms with E-state index in [4.69, 9.17) is 15.2 Å². The Morgan fingerprint density at radius 1 is 1.23 bits per heavy atom. The van der Waals surface area contributed by atoms with Crippen molar-refractivity contribution in [3.8, 4) is 22.6 Å². The monoisotopic (exact) mass is 482 g/mol. The van der Waals surface area contributed by atoms with E-state index in [0.29, 0.717) is 36.6 Å². The van der Waals surface area contributed by atoms with Crippen molar-refractivity contribution in [2.24, 2.45) is 5.73 Å². The first-order chi connectivity index (χ1) is 16.8. The van der Waals surface area contributed by atoms with Crippen molar-refractivity contribution in [2.45, 2.75) is 38.3 Å². The minimum atomic E-state index is -0.807. The maximum absolute atomic E-state index is 13.4. The van der Waals surface area contributed by atoms with Gasteiger partial charge in [-0.25, -0.2) is 0 Å². The number of hydrogen-bond donors (Lipinski definition) is 3. The van der Waals surface area contributed by atoms with Crippen LogP contribution in [0.4, 0.5) is 0 Å². The van der Waals surface area contributed by atoms with Gasteiger partial charge in [0.05, 0.1) is 13.2 Å². The summed E-state index contributed by atoms with van der Waals surface area (Å²) in [4.78, 5) is 40.4. The third kappa shape index (κ3) is 6.73. The van der Waals surface area contributed by atoms with Crippen LogP contribution in [-0.2, 0) is 9.59 Å². The van der Waals surface area contributed by atoms with E-state index >= 15 is 0 Å². The summed E-state index contributed by atoms with van der Waals surface area (Å²) in [5, 5.41) is 5.73. The van der Waals surface area contributed by atoms with Gasteiger partial charge >= 0.3 is 0 Å². The number of nitrogens with one attached hydrogen (secondary N) is 2. The molecule has 2 aromatic rings. The largest absolute Gasteiger partial charge is 0.497 e. The van der Waals surface area contributed by atoms with Crippen molar-refractivity contribution in [1.29, 1.82) is 0 Å². The van der Waals surface area contributed by atoms with Crippen LogP contribution in [0.1, 0.15) is 36.5 Å². The van der Waals surface area contributed by atoms with Crippen LogP contribution < -0.4 is 25.8 Å². The predicted molar refractivity (Wildman–Crippen MR) is 133 cm³/mol. The van der Waals surface area contributed by atoms with Crippen LogP contribution >= 0.6 is 0 Å². The number of benzene rings is 2. The first-order valence-electron chi connectivity index (χ1n) is 11.8. The summed E-state index contributed by atoms with van der Waals surface area (Å²) in [6.07, 6.45) is 0.900. The second-order valence-corrected chi connectivity index (χ2v) is 8.63. The van der Waals surface area contributed by atoms with Gasteiger partial charge in [0.25, 0.3) is 5.91 Å². The molecule has 0 aromatic heterocycles. The number of likely N-dealkylation sites (N-methyl/N-ethyl adjacent to an activating group) is 1. The van der Waals surface area contributed by atoms with Gasteiger partial charge in [-0.05, 0) is 62.2 Å². The first-order valence-corrected chi connectivity index (χ1v) is 11.8. The van der Waals surface area contributed by atoms with Crippen LogP contribution in [0.5, 0.6) is 11.5 Å². The molecular formula is C26H34N4O5. The van der Waals surface area contributed by atoms with Gasteiger partial charge in [-0.3, -0.25) is 14.4 Å². The number of carbonyl (C=O) groups excluding carboxylic acids is 3. The third-order valence-electron chi connectivity index (χ3n) is 5.92. The number of carbonyl (C=O) groups is 3. The molecule has 35 heavy (non-hydrogen) atoms.